The molecule has 0 bridgehead atoms. The van der Waals surface area contributed by atoms with Crippen molar-refractivity contribution in [3.8, 4) is 5.75 Å². The Hall–Kier alpha value is -3.42. The Morgan fingerprint density at radius 1 is 1.23 bits per heavy atom. The maximum atomic E-state index is 12.5. The topological polar surface area (TPSA) is 119 Å². The van der Waals surface area contributed by atoms with E-state index in [1.165, 1.54) is 44.4 Å². The first-order chi connectivity index (χ1) is 12.3. The number of hydrogen-bond acceptors (Lipinski definition) is 6. The number of rotatable bonds is 6. The number of ether oxygens (including phenoxy) is 1. The van der Waals surface area contributed by atoms with Gasteiger partial charge in [0.1, 0.15) is 11.8 Å². The molecule has 0 fully saturated rings. The number of phenols is 1. The number of phenolic OH excluding ortho intramolecular Hbond substituents is 1. The van der Waals surface area contributed by atoms with Gasteiger partial charge in [-0.1, -0.05) is 18.2 Å². The number of nitrogens with one attached hydrogen (secondary N) is 1. The van der Waals surface area contributed by atoms with E-state index in [1.807, 2.05) is 0 Å². The first kappa shape index (κ1) is 18.9. The van der Waals surface area contributed by atoms with Crippen molar-refractivity contribution in [1.29, 1.82) is 0 Å². The van der Waals surface area contributed by atoms with Gasteiger partial charge < -0.3 is 15.2 Å². The number of aromatic hydroxyl groups is 1. The summed E-state index contributed by atoms with van der Waals surface area (Å²) in [5, 5.41) is 22.9. The molecule has 1 unspecified atom stereocenters. The van der Waals surface area contributed by atoms with Gasteiger partial charge in [0.2, 0.25) is 0 Å². The van der Waals surface area contributed by atoms with Gasteiger partial charge in [0, 0.05) is 23.6 Å². The smallest absolute Gasteiger partial charge is 0.328 e. The van der Waals surface area contributed by atoms with Gasteiger partial charge in [-0.3, -0.25) is 14.9 Å². The van der Waals surface area contributed by atoms with Crippen molar-refractivity contribution < 1.29 is 24.4 Å². The number of nitro benzene ring substituents is 1. The average Bonchev–Trinajstić information content (AvgIpc) is 2.62. The van der Waals surface area contributed by atoms with Crippen LogP contribution in [0.4, 0.5) is 5.69 Å². The third kappa shape index (κ3) is 4.35. The molecule has 2 rings (SSSR count). The van der Waals surface area contributed by atoms with Crippen LogP contribution in [0.15, 0.2) is 42.5 Å². The molecule has 0 saturated carbocycles. The molecule has 8 nitrogen and oxygen atoms in total. The Kier molecular flexibility index (Phi) is 5.90. The lowest BCUT2D eigenvalue weighted by Crippen LogP contribution is -2.43. The molecule has 8 heteroatoms. The van der Waals surface area contributed by atoms with Gasteiger partial charge in [-0.25, -0.2) is 4.79 Å². The van der Waals surface area contributed by atoms with E-state index in [1.54, 1.807) is 12.1 Å². The zero-order valence-electron chi connectivity index (χ0n) is 14.3. The summed E-state index contributed by atoms with van der Waals surface area (Å²) in [5.41, 5.74) is 0.849. The number of nitrogens with zero attached hydrogens (tertiary/aromatic N) is 1. The van der Waals surface area contributed by atoms with E-state index in [0.29, 0.717) is 5.56 Å². The van der Waals surface area contributed by atoms with Gasteiger partial charge in [-0.05, 0) is 30.7 Å². The summed E-state index contributed by atoms with van der Waals surface area (Å²) in [5.74, 6) is -1.17. The summed E-state index contributed by atoms with van der Waals surface area (Å²) in [6, 6.07) is 9.37. The van der Waals surface area contributed by atoms with E-state index in [0.717, 1.165) is 0 Å². The van der Waals surface area contributed by atoms with Crippen LogP contribution in [-0.2, 0) is 16.0 Å². The lowest BCUT2D eigenvalue weighted by atomic mass is 10.0. The van der Waals surface area contributed by atoms with Crippen molar-refractivity contribution in [1.82, 2.24) is 5.32 Å². The highest BCUT2D eigenvalue weighted by molar-refractivity contribution is 5.98. The second-order valence-corrected chi connectivity index (χ2v) is 5.63. The zero-order chi connectivity index (χ0) is 19.3. The van der Waals surface area contributed by atoms with E-state index in [4.69, 9.17) is 4.74 Å². The molecule has 0 aliphatic rings. The number of methoxy groups -OCH3 is 1. The standard InChI is InChI=1S/C18H18N2O6/c1-11-14(4-3-5-16(11)20(24)25)17(22)19-15(18(23)26-2)10-12-6-8-13(21)9-7-12/h3-9,15,21H,10H2,1-2H3,(H,19,22). The summed E-state index contributed by atoms with van der Waals surface area (Å²) >= 11 is 0. The van der Waals surface area contributed by atoms with Crippen molar-refractivity contribution >= 4 is 17.6 Å². The minimum atomic E-state index is -0.976. The van der Waals surface area contributed by atoms with Crippen LogP contribution in [0.2, 0.25) is 0 Å². The lowest BCUT2D eigenvalue weighted by molar-refractivity contribution is -0.385. The van der Waals surface area contributed by atoms with Crippen LogP contribution < -0.4 is 5.32 Å². The van der Waals surface area contributed by atoms with Gasteiger partial charge in [-0.15, -0.1) is 0 Å². The molecule has 136 valence electrons. The molecule has 26 heavy (non-hydrogen) atoms. The molecule has 0 aliphatic heterocycles. The monoisotopic (exact) mass is 358 g/mol. The number of nitro groups is 1. The predicted octanol–water partition coefficient (Wildman–Crippen LogP) is 2.12. The van der Waals surface area contributed by atoms with Crippen molar-refractivity contribution in [2.45, 2.75) is 19.4 Å². The number of benzene rings is 2. The van der Waals surface area contributed by atoms with Crippen LogP contribution in [0.25, 0.3) is 0 Å². The predicted molar refractivity (Wildman–Crippen MR) is 92.9 cm³/mol. The van der Waals surface area contributed by atoms with Crippen LogP contribution in [0.5, 0.6) is 5.75 Å². The maximum absolute atomic E-state index is 12.5. The number of amides is 1. The third-order valence-electron chi connectivity index (χ3n) is 3.91. The summed E-state index contributed by atoms with van der Waals surface area (Å²) in [6.07, 6.45) is 0.146. The van der Waals surface area contributed by atoms with E-state index in [2.05, 4.69) is 5.32 Å². The molecule has 0 heterocycles. The van der Waals surface area contributed by atoms with Crippen molar-refractivity contribution in [3.05, 3.63) is 69.3 Å². The molecular formula is C18H18N2O6. The number of esters is 1. The Labute approximate surface area is 149 Å². The summed E-state index contributed by atoms with van der Waals surface area (Å²) in [7, 11) is 1.21. The Balaban J connectivity index is 2.24. The van der Waals surface area contributed by atoms with E-state index < -0.39 is 22.8 Å². The summed E-state index contributed by atoms with van der Waals surface area (Å²) in [4.78, 5) is 35.0. The molecule has 2 aromatic carbocycles. The molecule has 0 saturated heterocycles. The molecule has 1 atom stereocenters. The second kappa shape index (κ2) is 8.11. The highest BCUT2D eigenvalue weighted by Crippen LogP contribution is 2.21. The molecule has 0 radical (unpaired) electrons. The van der Waals surface area contributed by atoms with Gasteiger partial charge in [0.05, 0.1) is 12.0 Å². The number of hydrogen-bond donors (Lipinski definition) is 2. The van der Waals surface area contributed by atoms with Crippen molar-refractivity contribution in [3.63, 3.8) is 0 Å². The lowest BCUT2D eigenvalue weighted by Gasteiger charge is -2.17. The number of carbonyl (C=O) groups excluding carboxylic acids is 2. The van der Waals surface area contributed by atoms with Crippen LogP contribution in [-0.4, -0.2) is 35.1 Å². The number of carbonyl (C=O) groups is 2. The average molecular weight is 358 g/mol. The fraction of sp³-hybridized carbons (Fsp3) is 0.222. The Morgan fingerprint density at radius 3 is 2.46 bits per heavy atom. The molecule has 0 aromatic heterocycles. The largest absolute Gasteiger partial charge is 0.508 e. The SMILES string of the molecule is COC(=O)C(Cc1ccc(O)cc1)NC(=O)c1cccc([N+](=O)[O-])c1C. The highest BCUT2D eigenvalue weighted by Gasteiger charge is 2.25. The minimum Gasteiger partial charge on any atom is -0.508 e. The van der Waals surface area contributed by atoms with Gasteiger partial charge in [0.15, 0.2) is 0 Å². The van der Waals surface area contributed by atoms with Gasteiger partial charge in [0.25, 0.3) is 11.6 Å². The third-order valence-corrected chi connectivity index (χ3v) is 3.91. The molecule has 2 aromatic rings. The van der Waals surface area contributed by atoms with Crippen LogP contribution in [0.1, 0.15) is 21.5 Å². The van der Waals surface area contributed by atoms with E-state index in [-0.39, 0.29) is 29.0 Å². The van der Waals surface area contributed by atoms with Gasteiger partial charge in [-0.2, -0.15) is 0 Å². The summed E-state index contributed by atoms with van der Waals surface area (Å²) < 4.78 is 4.73. The fourth-order valence-electron chi connectivity index (χ4n) is 2.51. The Bertz CT molecular complexity index is 832. The van der Waals surface area contributed by atoms with Crippen molar-refractivity contribution in [2.75, 3.05) is 7.11 Å². The van der Waals surface area contributed by atoms with Crippen LogP contribution in [0.3, 0.4) is 0 Å². The zero-order valence-corrected chi connectivity index (χ0v) is 14.3. The molecule has 2 N–H and O–H groups in total. The first-order valence-electron chi connectivity index (χ1n) is 7.74. The van der Waals surface area contributed by atoms with Crippen LogP contribution in [0, 0.1) is 17.0 Å². The van der Waals surface area contributed by atoms with E-state index >= 15 is 0 Å². The first-order valence-corrected chi connectivity index (χ1v) is 7.74. The molecule has 1 amide bonds. The van der Waals surface area contributed by atoms with E-state index in [9.17, 15) is 24.8 Å². The van der Waals surface area contributed by atoms with Gasteiger partial charge >= 0.3 is 5.97 Å². The Morgan fingerprint density at radius 2 is 1.88 bits per heavy atom. The molecular weight excluding hydrogens is 340 g/mol. The maximum Gasteiger partial charge on any atom is 0.328 e. The molecule has 0 aliphatic carbocycles. The molecule has 0 spiro atoms. The minimum absolute atomic E-state index is 0.0830. The second-order valence-electron chi connectivity index (χ2n) is 5.63. The normalized spacial score (nSPS) is 11.5. The fourth-order valence-corrected chi connectivity index (χ4v) is 2.51. The van der Waals surface area contributed by atoms with Crippen LogP contribution >= 0.6 is 0 Å². The quantitative estimate of drug-likeness (QED) is 0.464. The summed E-state index contributed by atoms with van der Waals surface area (Å²) in [6.45, 7) is 1.47. The van der Waals surface area contributed by atoms with Crippen molar-refractivity contribution in [2.24, 2.45) is 0 Å². The highest BCUT2D eigenvalue weighted by atomic mass is 16.6.